The van der Waals surface area contributed by atoms with Gasteiger partial charge in [-0.25, -0.2) is 14.5 Å². The van der Waals surface area contributed by atoms with Crippen molar-refractivity contribution in [1.29, 1.82) is 0 Å². The number of fused-ring (bicyclic) bond motifs is 6. The lowest BCUT2D eigenvalue weighted by Gasteiger charge is -2.42. The average Bonchev–Trinajstić information content (AvgIpc) is 3.26. The lowest BCUT2D eigenvalue weighted by molar-refractivity contribution is 0.288. The number of nitrogens with zero attached hydrogens (tertiary/aromatic N) is 4. The summed E-state index contributed by atoms with van der Waals surface area (Å²) in [5, 5.41) is 4.70. The van der Waals surface area contributed by atoms with Crippen molar-refractivity contribution in [2.45, 2.75) is 50.5 Å². The summed E-state index contributed by atoms with van der Waals surface area (Å²) >= 11 is 0. The second-order valence-corrected chi connectivity index (χ2v) is 8.90. The molecule has 0 N–H and O–H groups in total. The Balaban J connectivity index is 1.40. The van der Waals surface area contributed by atoms with Crippen LogP contribution in [0.2, 0.25) is 0 Å². The molecule has 0 saturated heterocycles. The first kappa shape index (κ1) is 19.3. The number of methoxy groups -OCH3 is 1. The Morgan fingerprint density at radius 2 is 1.75 bits per heavy atom. The van der Waals surface area contributed by atoms with Crippen LogP contribution in [0.15, 0.2) is 54.9 Å². The first-order valence-corrected chi connectivity index (χ1v) is 11.4. The van der Waals surface area contributed by atoms with Gasteiger partial charge in [-0.2, -0.15) is 0 Å². The fraction of sp³-hybridized carbons (Fsp3) is 0.346. The van der Waals surface area contributed by atoms with Crippen LogP contribution in [0.1, 0.15) is 49.1 Å². The maximum absolute atomic E-state index is 5.94. The molecule has 0 aliphatic heterocycles. The average molecular weight is 427 g/mol. The molecule has 2 aliphatic rings. The SMILES string of the molecule is COc1ccc(OCc2nc3c4c(ncn3n2)-c2ccccc2CC42CCCCC2)cc1. The van der Waals surface area contributed by atoms with Crippen molar-refractivity contribution in [2.75, 3.05) is 7.11 Å². The minimum atomic E-state index is 0.0958. The van der Waals surface area contributed by atoms with Crippen molar-refractivity contribution in [3.8, 4) is 22.8 Å². The zero-order chi connectivity index (χ0) is 21.5. The summed E-state index contributed by atoms with van der Waals surface area (Å²) in [6.07, 6.45) is 9.04. The van der Waals surface area contributed by atoms with E-state index >= 15 is 0 Å². The molecule has 1 fully saturated rings. The Labute approximate surface area is 187 Å². The Morgan fingerprint density at radius 3 is 2.56 bits per heavy atom. The molecular formula is C26H26N4O2. The second-order valence-electron chi connectivity index (χ2n) is 8.90. The molecule has 6 rings (SSSR count). The van der Waals surface area contributed by atoms with Gasteiger partial charge in [0.15, 0.2) is 11.5 Å². The van der Waals surface area contributed by atoms with Crippen LogP contribution in [-0.4, -0.2) is 26.7 Å². The molecule has 32 heavy (non-hydrogen) atoms. The van der Waals surface area contributed by atoms with Crippen molar-refractivity contribution in [1.82, 2.24) is 19.6 Å². The third-order valence-corrected chi connectivity index (χ3v) is 7.00. The molecule has 0 atom stereocenters. The topological polar surface area (TPSA) is 61.5 Å². The predicted octanol–water partition coefficient (Wildman–Crippen LogP) is 5.14. The number of hydrogen-bond donors (Lipinski definition) is 0. The van der Waals surface area contributed by atoms with Crippen LogP contribution in [-0.2, 0) is 18.4 Å². The fourth-order valence-corrected chi connectivity index (χ4v) is 5.49. The van der Waals surface area contributed by atoms with Crippen molar-refractivity contribution >= 4 is 5.65 Å². The third-order valence-electron chi connectivity index (χ3n) is 7.00. The van der Waals surface area contributed by atoms with E-state index < -0.39 is 0 Å². The smallest absolute Gasteiger partial charge is 0.189 e. The molecular weight excluding hydrogens is 400 g/mol. The molecule has 6 nitrogen and oxygen atoms in total. The fourth-order valence-electron chi connectivity index (χ4n) is 5.49. The summed E-state index contributed by atoms with van der Waals surface area (Å²) in [4.78, 5) is 9.85. The van der Waals surface area contributed by atoms with E-state index in [1.807, 2.05) is 28.8 Å². The lowest BCUT2D eigenvalue weighted by atomic mass is 9.62. The van der Waals surface area contributed by atoms with E-state index in [2.05, 4.69) is 24.3 Å². The minimum absolute atomic E-state index is 0.0958. The van der Waals surface area contributed by atoms with Gasteiger partial charge in [-0.05, 0) is 49.1 Å². The Kier molecular flexibility index (Phi) is 4.59. The molecule has 2 aromatic carbocycles. The Bertz CT molecular complexity index is 1270. The van der Waals surface area contributed by atoms with E-state index in [4.69, 9.17) is 24.5 Å². The van der Waals surface area contributed by atoms with E-state index in [0.717, 1.165) is 29.3 Å². The Hall–Kier alpha value is -3.41. The highest BCUT2D eigenvalue weighted by atomic mass is 16.5. The van der Waals surface area contributed by atoms with Crippen LogP contribution < -0.4 is 9.47 Å². The summed E-state index contributed by atoms with van der Waals surface area (Å²) in [7, 11) is 1.66. The number of hydrogen-bond acceptors (Lipinski definition) is 5. The van der Waals surface area contributed by atoms with Gasteiger partial charge in [0.05, 0.1) is 12.8 Å². The monoisotopic (exact) mass is 426 g/mol. The van der Waals surface area contributed by atoms with Crippen molar-refractivity contribution in [3.63, 3.8) is 0 Å². The van der Waals surface area contributed by atoms with Gasteiger partial charge in [0.25, 0.3) is 0 Å². The second kappa shape index (κ2) is 7.62. The molecule has 6 heteroatoms. The zero-order valence-electron chi connectivity index (χ0n) is 18.3. The molecule has 0 unspecified atom stereocenters. The summed E-state index contributed by atoms with van der Waals surface area (Å²) < 4.78 is 13.0. The van der Waals surface area contributed by atoms with E-state index in [1.165, 1.54) is 48.8 Å². The molecule has 162 valence electrons. The molecule has 4 aromatic rings. The highest BCUT2D eigenvalue weighted by Crippen LogP contribution is 2.50. The van der Waals surface area contributed by atoms with E-state index in [9.17, 15) is 0 Å². The standard InChI is InChI=1S/C26H26N4O2/c1-31-19-9-11-20(12-10-19)32-16-22-28-25-23-24(27-17-30(25)29-22)21-8-4-3-7-18(21)15-26(23)13-5-2-6-14-26/h3-4,7-12,17H,2,5-6,13-16H2,1H3. The maximum atomic E-state index is 5.94. The van der Waals surface area contributed by atoms with Gasteiger partial charge in [-0.1, -0.05) is 43.5 Å². The van der Waals surface area contributed by atoms with E-state index in [-0.39, 0.29) is 5.41 Å². The number of ether oxygens (including phenoxy) is 2. The first-order valence-electron chi connectivity index (χ1n) is 11.4. The molecule has 0 amide bonds. The van der Waals surface area contributed by atoms with Crippen LogP contribution in [0.25, 0.3) is 16.9 Å². The van der Waals surface area contributed by atoms with Crippen LogP contribution in [0.3, 0.4) is 0 Å². The van der Waals surface area contributed by atoms with Gasteiger partial charge in [-0.3, -0.25) is 0 Å². The highest BCUT2D eigenvalue weighted by Gasteiger charge is 2.42. The summed E-state index contributed by atoms with van der Waals surface area (Å²) in [5.41, 5.74) is 6.03. The molecule has 2 heterocycles. The van der Waals surface area contributed by atoms with Crippen molar-refractivity contribution in [2.24, 2.45) is 0 Å². The maximum Gasteiger partial charge on any atom is 0.189 e. The van der Waals surface area contributed by atoms with Gasteiger partial charge in [0.1, 0.15) is 24.4 Å². The van der Waals surface area contributed by atoms with Gasteiger partial charge >= 0.3 is 0 Å². The minimum Gasteiger partial charge on any atom is -0.497 e. The lowest BCUT2D eigenvalue weighted by Crippen LogP contribution is -2.36. The number of aromatic nitrogens is 4. The molecule has 2 aromatic heterocycles. The largest absolute Gasteiger partial charge is 0.497 e. The molecule has 2 aliphatic carbocycles. The van der Waals surface area contributed by atoms with Gasteiger partial charge < -0.3 is 9.47 Å². The van der Waals surface area contributed by atoms with Crippen molar-refractivity contribution < 1.29 is 9.47 Å². The quantitative estimate of drug-likeness (QED) is 0.452. The van der Waals surface area contributed by atoms with Crippen LogP contribution in [0.5, 0.6) is 11.5 Å². The number of benzene rings is 2. The molecule has 0 radical (unpaired) electrons. The van der Waals surface area contributed by atoms with Crippen LogP contribution in [0.4, 0.5) is 0 Å². The van der Waals surface area contributed by atoms with Gasteiger partial charge in [0, 0.05) is 16.5 Å². The Morgan fingerprint density at radius 1 is 0.969 bits per heavy atom. The molecule has 0 bridgehead atoms. The van der Waals surface area contributed by atoms with E-state index in [0.29, 0.717) is 12.4 Å². The molecule has 1 spiro atoms. The number of rotatable bonds is 4. The molecule has 1 saturated carbocycles. The predicted molar refractivity (Wildman–Crippen MR) is 122 cm³/mol. The zero-order valence-corrected chi connectivity index (χ0v) is 18.3. The van der Waals surface area contributed by atoms with Crippen molar-refractivity contribution in [3.05, 3.63) is 71.8 Å². The van der Waals surface area contributed by atoms with Crippen LogP contribution >= 0.6 is 0 Å². The normalized spacial score (nSPS) is 16.5. The highest BCUT2D eigenvalue weighted by molar-refractivity contribution is 5.77. The van der Waals surface area contributed by atoms with E-state index in [1.54, 1.807) is 13.4 Å². The summed E-state index contributed by atoms with van der Waals surface area (Å²) in [6.45, 7) is 0.312. The first-order chi connectivity index (χ1) is 15.8. The van der Waals surface area contributed by atoms with Crippen LogP contribution in [0, 0.1) is 0 Å². The third kappa shape index (κ3) is 3.13. The van der Waals surface area contributed by atoms with Gasteiger partial charge in [0.2, 0.25) is 0 Å². The van der Waals surface area contributed by atoms with Gasteiger partial charge in [-0.15, -0.1) is 5.10 Å². The summed E-state index contributed by atoms with van der Waals surface area (Å²) in [6, 6.07) is 16.3. The summed E-state index contributed by atoms with van der Waals surface area (Å²) in [5.74, 6) is 2.24.